The first-order chi connectivity index (χ1) is 13.1. The van der Waals surface area contributed by atoms with Gasteiger partial charge in [0, 0.05) is 32.7 Å². The molecule has 5 heteroatoms. The van der Waals surface area contributed by atoms with Gasteiger partial charge >= 0.3 is 0 Å². The first-order valence-corrected chi connectivity index (χ1v) is 10.2. The van der Waals surface area contributed by atoms with E-state index in [1.165, 1.54) is 18.4 Å². The number of piperidine rings is 1. The predicted octanol–water partition coefficient (Wildman–Crippen LogP) is 2.90. The Labute approximate surface area is 162 Å². The summed E-state index contributed by atoms with van der Waals surface area (Å²) < 4.78 is 1.73. The highest BCUT2D eigenvalue weighted by atomic mass is 16.2. The first kappa shape index (κ1) is 18.2. The molecule has 3 aliphatic heterocycles. The summed E-state index contributed by atoms with van der Waals surface area (Å²) in [5.74, 6) is 0.748. The predicted molar refractivity (Wildman–Crippen MR) is 107 cm³/mol. The van der Waals surface area contributed by atoms with Crippen LogP contribution in [0.25, 0.3) is 0 Å². The van der Waals surface area contributed by atoms with E-state index in [1.54, 1.807) is 4.68 Å². The van der Waals surface area contributed by atoms with E-state index in [1.807, 2.05) is 20.0 Å². The lowest BCUT2D eigenvalue weighted by atomic mass is 9.94. The molecular formula is C22H30N4O. The largest absolute Gasteiger partial charge is 0.333 e. The van der Waals surface area contributed by atoms with Crippen LogP contribution < -0.4 is 0 Å². The highest BCUT2D eigenvalue weighted by Crippen LogP contribution is 2.29. The van der Waals surface area contributed by atoms with E-state index >= 15 is 0 Å². The molecule has 5 nitrogen and oxygen atoms in total. The lowest BCUT2D eigenvalue weighted by molar-refractivity contribution is 0.0574. The third-order valence-corrected chi connectivity index (χ3v) is 6.05. The van der Waals surface area contributed by atoms with Crippen LogP contribution in [-0.4, -0.2) is 57.7 Å². The molecule has 2 bridgehead atoms. The maximum Gasteiger partial charge on any atom is 0.272 e. The third kappa shape index (κ3) is 4.08. The monoisotopic (exact) mass is 366 g/mol. The van der Waals surface area contributed by atoms with Gasteiger partial charge in [0.2, 0.25) is 0 Å². The van der Waals surface area contributed by atoms with Crippen molar-refractivity contribution >= 4 is 5.91 Å². The molecule has 2 aromatic rings. The van der Waals surface area contributed by atoms with Crippen molar-refractivity contribution in [3.63, 3.8) is 0 Å². The number of benzene rings is 1. The maximum absolute atomic E-state index is 13.1. The summed E-state index contributed by atoms with van der Waals surface area (Å²) in [6.07, 6.45) is 4.68. The van der Waals surface area contributed by atoms with Gasteiger partial charge in [0.05, 0.1) is 5.69 Å². The first-order valence-electron chi connectivity index (χ1n) is 10.2. The van der Waals surface area contributed by atoms with Crippen LogP contribution in [0.1, 0.15) is 41.0 Å². The van der Waals surface area contributed by atoms with Gasteiger partial charge in [0.1, 0.15) is 5.69 Å². The maximum atomic E-state index is 13.1. The number of aryl methyl sites for hydroxylation is 3. The quantitative estimate of drug-likeness (QED) is 0.817. The second-order valence-corrected chi connectivity index (χ2v) is 8.20. The number of amides is 1. The van der Waals surface area contributed by atoms with Crippen LogP contribution in [0, 0.1) is 12.8 Å². The molecule has 5 rings (SSSR count). The average molecular weight is 367 g/mol. The summed E-state index contributed by atoms with van der Waals surface area (Å²) >= 11 is 0. The van der Waals surface area contributed by atoms with E-state index in [2.05, 4.69) is 45.2 Å². The molecule has 0 radical (unpaired) electrons. The van der Waals surface area contributed by atoms with Crippen molar-refractivity contribution in [1.29, 1.82) is 0 Å². The molecule has 0 spiro atoms. The standard InChI is InChI=1S/C22H30N4O/c1-17-13-21(24(2)23-17)22(27)26-15-19-10-11-20(26)16-25(14-19)12-6-9-18-7-4-3-5-8-18/h3-5,7-8,13,19-20H,6,9-12,14-16H2,1-2H3/t19-,20+/m0/s1. The molecule has 144 valence electrons. The van der Waals surface area contributed by atoms with Crippen molar-refractivity contribution in [1.82, 2.24) is 19.6 Å². The van der Waals surface area contributed by atoms with E-state index in [4.69, 9.17) is 0 Å². The van der Waals surface area contributed by atoms with E-state index in [9.17, 15) is 4.79 Å². The number of carbonyl (C=O) groups excluding carboxylic acids is 1. The van der Waals surface area contributed by atoms with Gasteiger partial charge in [0.25, 0.3) is 5.91 Å². The molecular weight excluding hydrogens is 336 g/mol. The molecule has 4 heterocycles. The second-order valence-electron chi connectivity index (χ2n) is 8.20. The number of carbonyl (C=O) groups is 1. The Balaban J connectivity index is 1.38. The van der Waals surface area contributed by atoms with Gasteiger partial charge in [-0.05, 0) is 56.7 Å². The SMILES string of the molecule is Cc1cc(C(=O)N2C[C@H]3CC[C@@H]2CN(CCCc2ccccc2)C3)n(C)n1. The molecule has 1 amide bonds. The Bertz CT molecular complexity index is 785. The van der Waals surface area contributed by atoms with Gasteiger partial charge in [-0.1, -0.05) is 30.3 Å². The van der Waals surface area contributed by atoms with Crippen LogP contribution in [0.15, 0.2) is 36.4 Å². The highest BCUT2D eigenvalue weighted by Gasteiger charge is 2.38. The Kier molecular flexibility index (Phi) is 5.30. The highest BCUT2D eigenvalue weighted by molar-refractivity contribution is 5.93. The van der Waals surface area contributed by atoms with E-state index < -0.39 is 0 Å². The number of fused-ring (bicyclic) bond motifs is 4. The minimum atomic E-state index is 0.152. The summed E-state index contributed by atoms with van der Waals surface area (Å²) in [6.45, 7) is 6.09. The van der Waals surface area contributed by atoms with Crippen LogP contribution in [0.5, 0.6) is 0 Å². The molecule has 1 aromatic carbocycles. The molecule has 1 aromatic heterocycles. The lowest BCUT2D eigenvalue weighted by Crippen LogP contribution is -2.47. The number of hydrogen-bond acceptors (Lipinski definition) is 3. The van der Waals surface area contributed by atoms with E-state index in [0.717, 1.165) is 50.4 Å². The molecule has 3 aliphatic rings. The van der Waals surface area contributed by atoms with Crippen molar-refractivity contribution in [2.45, 2.75) is 38.6 Å². The summed E-state index contributed by atoms with van der Waals surface area (Å²) in [6, 6.07) is 13.0. The van der Waals surface area contributed by atoms with Crippen molar-refractivity contribution in [2.75, 3.05) is 26.2 Å². The zero-order valence-electron chi connectivity index (χ0n) is 16.5. The summed E-state index contributed by atoms with van der Waals surface area (Å²) in [5.41, 5.74) is 3.04. The van der Waals surface area contributed by atoms with Crippen LogP contribution in [0.3, 0.4) is 0 Å². The van der Waals surface area contributed by atoms with Gasteiger partial charge in [-0.25, -0.2) is 0 Å². The van der Waals surface area contributed by atoms with E-state index in [0.29, 0.717) is 12.0 Å². The topological polar surface area (TPSA) is 41.4 Å². The number of nitrogens with zero attached hydrogens (tertiary/aromatic N) is 4. The molecule has 0 aliphatic carbocycles. The van der Waals surface area contributed by atoms with Crippen molar-refractivity contribution in [3.05, 3.63) is 53.3 Å². The molecule has 0 saturated carbocycles. The zero-order valence-corrected chi connectivity index (χ0v) is 16.5. The third-order valence-electron chi connectivity index (χ3n) is 6.05. The lowest BCUT2D eigenvalue weighted by Gasteiger charge is -2.36. The summed E-state index contributed by atoms with van der Waals surface area (Å²) in [4.78, 5) is 17.8. The molecule has 27 heavy (non-hydrogen) atoms. The zero-order chi connectivity index (χ0) is 18.8. The second kappa shape index (κ2) is 7.85. The average Bonchev–Trinajstić information content (AvgIpc) is 2.83. The fourth-order valence-corrected chi connectivity index (χ4v) is 4.72. The minimum absolute atomic E-state index is 0.152. The molecule has 0 N–H and O–H groups in total. The number of hydrogen-bond donors (Lipinski definition) is 0. The minimum Gasteiger partial charge on any atom is -0.333 e. The molecule has 3 saturated heterocycles. The van der Waals surface area contributed by atoms with Gasteiger partial charge in [-0.15, -0.1) is 0 Å². The van der Waals surface area contributed by atoms with Gasteiger partial charge in [-0.2, -0.15) is 5.10 Å². The van der Waals surface area contributed by atoms with Crippen LogP contribution in [0.4, 0.5) is 0 Å². The van der Waals surface area contributed by atoms with Gasteiger partial charge in [0.15, 0.2) is 0 Å². The molecule has 0 unspecified atom stereocenters. The van der Waals surface area contributed by atoms with Crippen molar-refractivity contribution in [3.8, 4) is 0 Å². The fourth-order valence-electron chi connectivity index (χ4n) is 4.72. The van der Waals surface area contributed by atoms with Crippen LogP contribution >= 0.6 is 0 Å². The number of rotatable bonds is 5. The summed E-state index contributed by atoms with van der Waals surface area (Å²) in [7, 11) is 1.87. The van der Waals surface area contributed by atoms with Gasteiger partial charge < -0.3 is 9.80 Å². The number of aromatic nitrogens is 2. The van der Waals surface area contributed by atoms with E-state index in [-0.39, 0.29) is 5.91 Å². The van der Waals surface area contributed by atoms with Crippen LogP contribution in [-0.2, 0) is 13.5 Å². The van der Waals surface area contributed by atoms with Gasteiger partial charge in [-0.3, -0.25) is 9.48 Å². The fraction of sp³-hybridized carbons (Fsp3) is 0.545. The van der Waals surface area contributed by atoms with Crippen LogP contribution in [0.2, 0.25) is 0 Å². The molecule has 2 atom stereocenters. The Morgan fingerprint density at radius 3 is 2.70 bits per heavy atom. The summed E-state index contributed by atoms with van der Waals surface area (Å²) in [5, 5.41) is 4.36. The van der Waals surface area contributed by atoms with Crippen molar-refractivity contribution < 1.29 is 4.79 Å². The Morgan fingerprint density at radius 1 is 1.15 bits per heavy atom. The van der Waals surface area contributed by atoms with Crippen molar-refractivity contribution in [2.24, 2.45) is 13.0 Å². The normalized spacial score (nSPS) is 22.8. The molecule has 3 fully saturated rings. The Hall–Kier alpha value is -2.14. The Morgan fingerprint density at radius 2 is 1.96 bits per heavy atom. The smallest absolute Gasteiger partial charge is 0.272 e.